The van der Waals surface area contributed by atoms with Gasteiger partial charge in [0.25, 0.3) is 5.89 Å². The Morgan fingerprint density at radius 2 is 2.38 bits per heavy atom. The Morgan fingerprint density at radius 1 is 1.54 bits per heavy atom. The van der Waals surface area contributed by atoms with E-state index < -0.39 is 0 Å². The molecule has 3 N–H and O–H groups in total. The highest BCUT2D eigenvalue weighted by Gasteiger charge is 2.11. The molecule has 0 saturated heterocycles. The van der Waals surface area contributed by atoms with Gasteiger partial charge in [-0.15, -0.1) is 10.2 Å². The molecular weight excluding hydrogens is 170 g/mol. The maximum absolute atomic E-state index is 5.56. The molecule has 1 unspecified atom stereocenters. The summed E-state index contributed by atoms with van der Waals surface area (Å²) in [4.78, 5) is 0. The molecule has 0 aromatic carbocycles. The second-order valence-electron chi connectivity index (χ2n) is 2.72. The van der Waals surface area contributed by atoms with Crippen molar-refractivity contribution in [2.24, 2.45) is 5.73 Å². The first kappa shape index (κ1) is 7.93. The third kappa shape index (κ3) is 1.43. The number of nitrogens with zero attached hydrogens (tertiary/aromatic N) is 3. The molecule has 0 aliphatic rings. The minimum Gasteiger partial charge on any atom is -0.419 e. The van der Waals surface area contributed by atoms with Crippen molar-refractivity contribution in [3.63, 3.8) is 0 Å². The highest BCUT2D eigenvalue weighted by Crippen LogP contribution is 2.17. The average molecular weight is 179 g/mol. The van der Waals surface area contributed by atoms with Crippen LogP contribution in [0.1, 0.15) is 18.9 Å². The van der Waals surface area contributed by atoms with E-state index in [1.165, 1.54) is 0 Å². The topological polar surface area (TPSA) is 93.6 Å². The molecule has 2 aromatic rings. The van der Waals surface area contributed by atoms with Crippen LogP contribution in [0.3, 0.4) is 0 Å². The van der Waals surface area contributed by atoms with Gasteiger partial charge in [-0.05, 0) is 6.92 Å². The van der Waals surface area contributed by atoms with Crippen LogP contribution in [0.5, 0.6) is 0 Å². The lowest BCUT2D eigenvalue weighted by Crippen LogP contribution is -2.04. The fourth-order valence-corrected chi connectivity index (χ4v) is 0.903. The quantitative estimate of drug-likeness (QED) is 0.699. The van der Waals surface area contributed by atoms with Crippen LogP contribution in [0.15, 0.2) is 16.8 Å². The fourth-order valence-electron chi connectivity index (χ4n) is 0.903. The summed E-state index contributed by atoms with van der Waals surface area (Å²) in [7, 11) is 0. The van der Waals surface area contributed by atoms with E-state index in [9.17, 15) is 0 Å². The van der Waals surface area contributed by atoms with Crippen molar-refractivity contribution in [3.05, 3.63) is 18.3 Å². The smallest absolute Gasteiger partial charge is 0.250 e. The predicted molar refractivity (Wildman–Crippen MR) is 44.5 cm³/mol. The second-order valence-corrected chi connectivity index (χ2v) is 2.72. The average Bonchev–Trinajstić information content (AvgIpc) is 2.75. The lowest BCUT2D eigenvalue weighted by Gasteiger charge is -1.93. The van der Waals surface area contributed by atoms with E-state index in [0.29, 0.717) is 11.8 Å². The van der Waals surface area contributed by atoms with Crippen molar-refractivity contribution in [1.29, 1.82) is 0 Å². The van der Waals surface area contributed by atoms with Gasteiger partial charge in [-0.25, -0.2) is 0 Å². The summed E-state index contributed by atoms with van der Waals surface area (Å²) < 4.78 is 5.28. The Labute approximate surface area is 74.2 Å². The molecule has 0 amide bonds. The molecule has 68 valence electrons. The number of H-pyrrole nitrogens is 1. The molecule has 1 atom stereocenters. The standard InChI is InChI=1S/C7H9N5O/c1-4(8)6-11-12-7(13-6)5-2-9-10-3-5/h2-4H,8H2,1H3,(H,9,10). The maximum atomic E-state index is 5.56. The largest absolute Gasteiger partial charge is 0.419 e. The fraction of sp³-hybridized carbons (Fsp3) is 0.286. The highest BCUT2D eigenvalue weighted by atomic mass is 16.4. The number of nitrogens with two attached hydrogens (primary N) is 1. The summed E-state index contributed by atoms with van der Waals surface area (Å²) in [6.45, 7) is 1.78. The van der Waals surface area contributed by atoms with Gasteiger partial charge in [-0.1, -0.05) is 0 Å². The first-order chi connectivity index (χ1) is 6.27. The van der Waals surface area contributed by atoms with E-state index >= 15 is 0 Å². The van der Waals surface area contributed by atoms with Crippen LogP contribution in [0.2, 0.25) is 0 Å². The molecule has 6 nitrogen and oxygen atoms in total. The van der Waals surface area contributed by atoms with Crippen LogP contribution in [-0.4, -0.2) is 20.4 Å². The van der Waals surface area contributed by atoms with Crippen LogP contribution in [-0.2, 0) is 0 Å². The Balaban J connectivity index is 2.33. The molecule has 0 fully saturated rings. The van der Waals surface area contributed by atoms with Crippen LogP contribution < -0.4 is 5.73 Å². The number of rotatable bonds is 2. The first-order valence-electron chi connectivity index (χ1n) is 3.85. The molecule has 0 aliphatic heterocycles. The summed E-state index contributed by atoms with van der Waals surface area (Å²) in [5.74, 6) is 0.859. The lowest BCUT2D eigenvalue weighted by molar-refractivity contribution is 0.473. The van der Waals surface area contributed by atoms with Crippen molar-refractivity contribution in [2.75, 3.05) is 0 Å². The monoisotopic (exact) mass is 179 g/mol. The van der Waals surface area contributed by atoms with Crippen LogP contribution in [0, 0.1) is 0 Å². The van der Waals surface area contributed by atoms with Crippen molar-refractivity contribution in [2.45, 2.75) is 13.0 Å². The minimum absolute atomic E-state index is 0.242. The van der Waals surface area contributed by atoms with E-state index in [2.05, 4.69) is 20.4 Å². The molecule has 0 saturated carbocycles. The van der Waals surface area contributed by atoms with Crippen LogP contribution >= 0.6 is 0 Å². The molecule has 2 rings (SSSR count). The Kier molecular flexibility index (Phi) is 1.82. The van der Waals surface area contributed by atoms with Gasteiger partial charge in [0.1, 0.15) is 0 Å². The van der Waals surface area contributed by atoms with Gasteiger partial charge in [0.05, 0.1) is 17.8 Å². The minimum atomic E-state index is -0.242. The van der Waals surface area contributed by atoms with Gasteiger partial charge in [-0.3, -0.25) is 5.10 Å². The first-order valence-corrected chi connectivity index (χ1v) is 3.85. The molecule has 0 bridgehead atoms. The second kappa shape index (κ2) is 2.98. The van der Waals surface area contributed by atoms with E-state index in [1.54, 1.807) is 19.3 Å². The van der Waals surface area contributed by atoms with Gasteiger partial charge < -0.3 is 10.2 Å². The molecule has 2 heterocycles. The summed E-state index contributed by atoms with van der Waals surface area (Å²) in [6, 6.07) is -0.242. The normalized spacial score (nSPS) is 13.1. The Bertz CT molecular complexity index is 377. The van der Waals surface area contributed by atoms with Gasteiger partial charge in [0.15, 0.2) is 0 Å². The predicted octanol–water partition coefficient (Wildman–Crippen LogP) is 0.479. The number of aromatic nitrogens is 4. The SMILES string of the molecule is CC(N)c1nnc(-c2cn[nH]c2)o1. The van der Waals surface area contributed by atoms with E-state index in [1.807, 2.05) is 0 Å². The van der Waals surface area contributed by atoms with Crippen LogP contribution in [0.25, 0.3) is 11.5 Å². The third-order valence-corrected chi connectivity index (χ3v) is 1.58. The van der Waals surface area contributed by atoms with Gasteiger partial charge in [0.2, 0.25) is 5.89 Å². The summed E-state index contributed by atoms with van der Waals surface area (Å²) >= 11 is 0. The van der Waals surface area contributed by atoms with E-state index in [-0.39, 0.29) is 6.04 Å². The summed E-state index contributed by atoms with van der Waals surface area (Å²) in [6.07, 6.45) is 3.29. The molecule has 0 spiro atoms. The summed E-state index contributed by atoms with van der Waals surface area (Å²) in [5.41, 5.74) is 6.32. The maximum Gasteiger partial charge on any atom is 0.250 e. The number of hydrogen-bond donors (Lipinski definition) is 2. The lowest BCUT2D eigenvalue weighted by atomic mass is 10.4. The number of hydrogen-bond acceptors (Lipinski definition) is 5. The van der Waals surface area contributed by atoms with Crippen molar-refractivity contribution < 1.29 is 4.42 Å². The molecule has 2 aromatic heterocycles. The van der Waals surface area contributed by atoms with Gasteiger partial charge >= 0.3 is 0 Å². The highest BCUT2D eigenvalue weighted by molar-refractivity contribution is 5.48. The van der Waals surface area contributed by atoms with E-state index in [4.69, 9.17) is 10.2 Å². The molecule has 13 heavy (non-hydrogen) atoms. The third-order valence-electron chi connectivity index (χ3n) is 1.58. The zero-order valence-electron chi connectivity index (χ0n) is 7.06. The molecular formula is C7H9N5O. The van der Waals surface area contributed by atoms with Crippen LogP contribution in [0.4, 0.5) is 0 Å². The Hall–Kier alpha value is -1.69. The van der Waals surface area contributed by atoms with E-state index in [0.717, 1.165) is 5.56 Å². The number of nitrogens with one attached hydrogen (secondary N) is 1. The zero-order chi connectivity index (χ0) is 9.26. The Morgan fingerprint density at radius 3 is 2.92 bits per heavy atom. The van der Waals surface area contributed by atoms with Crippen molar-refractivity contribution in [1.82, 2.24) is 20.4 Å². The zero-order valence-corrected chi connectivity index (χ0v) is 7.06. The molecule has 0 aliphatic carbocycles. The summed E-state index contributed by atoms with van der Waals surface area (Å²) in [5, 5.41) is 14.0. The van der Waals surface area contributed by atoms with Gasteiger partial charge in [-0.2, -0.15) is 5.10 Å². The molecule has 6 heteroatoms. The van der Waals surface area contributed by atoms with Gasteiger partial charge in [0, 0.05) is 6.20 Å². The molecule has 0 radical (unpaired) electrons. The van der Waals surface area contributed by atoms with Crippen molar-refractivity contribution in [3.8, 4) is 11.5 Å². The number of aromatic amines is 1. The van der Waals surface area contributed by atoms with Crippen molar-refractivity contribution >= 4 is 0 Å².